The lowest BCUT2D eigenvalue weighted by Crippen LogP contribution is -2.26. The molecule has 0 aliphatic rings. The van der Waals surface area contributed by atoms with Crippen LogP contribution in [0.15, 0.2) is 48.7 Å². The molecule has 0 aliphatic carbocycles. The largest absolute Gasteiger partial charge is 0.491 e. The molecule has 1 aromatic carbocycles. The maximum Gasteiger partial charge on any atom is 0.128 e. The molecule has 0 radical (unpaired) electrons. The van der Waals surface area contributed by atoms with E-state index in [2.05, 4.69) is 10.3 Å². The number of aliphatic hydroxyl groups is 1. The zero-order valence-electron chi connectivity index (χ0n) is 10.9. The lowest BCUT2D eigenvalue weighted by Gasteiger charge is -2.14. The molecule has 0 fully saturated rings. The quantitative estimate of drug-likeness (QED) is 0.834. The summed E-state index contributed by atoms with van der Waals surface area (Å²) in [5.41, 5.74) is 1.05. The molecular weight excluding hydrogens is 240 g/mol. The van der Waals surface area contributed by atoms with Crippen LogP contribution >= 0.6 is 0 Å². The van der Waals surface area contributed by atoms with Gasteiger partial charge in [0, 0.05) is 12.7 Å². The summed E-state index contributed by atoms with van der Waals surface area (Å²) in [6.45, 7) is 2.63. The van der Waals surface area contributed by atoms with Gasteiger partial charge in [0.15, 0.2) is 0 Å². The fraction of sp³-hybridized carbons (Fsp3) is 0.267. The molecule has 1 aromatic heterocycles. The van der Waals surface area contributed by atoms with Gasteiger partial charge in [0.2, 0.25) is 0 Å². The van der Waals surface area contributed by atoms with Gasteiger partial charge in [-0.05, 0) is 30.7 Å². The van der Waals surface area contributed by atoms with E-state index >= 15 is 0 Å². The Morgan fingerprint density at radius 1 is 1.21 bits per heavy atom. The van der Waals surface area contributed by atoms with Crippen LogP contribution in [0.2, 0.25) is 0 Å². The van der Waals surface area contributed by atoms with Gasteiger partial charge in [0.25, 0.3) is 0 Å². The van der Waals surface area contributed by atoms with Gasteiger partial charge in [0.1, 0.15) is 24.3 Å². The molecule has 1 atom stereocenters. The van der Waals surface area contributed by atoms with Crippen LogP contribution in [0.4, 0.5) is 5.82 Å². The van der Waals surface area contributed by atoms with E-state index in [0.29, 0.717) is 6.54 Å². The van der Waals surface area contributed by atoms with Crippen LogP contribution < -0.4 is 10.1 Å². The van der Waals surface area contributed by atoms with Crippen molar-refractivity contribution in [2.24, 2.45) is 0 Å². The first-order chi connectivity index (χ1) is 9.25. The predicted octanol–water partition coefficient (Wildman–Crippen LogP) is 2.24. The first kappa shape index (κ1) is 13.4. The molecule has 100 valence electrons. The van der Waals surface area contributed by atoms with E-state index in [1.165, 1.54) is 0 Å². The highest BCUT2D eigenvalue weighted by Gasteiger charge is 2.06. The Morgan fingerprint density at radius 3 is 2.74 bits per heavy atom. The summed E-state index contributed by atoms with van der Waals surface area (Å²) in [6.07, 6.45) is 1.14. The molecule has 4 heteroatoms. The number of aromatic nitrogens is 1. The Hall–Kier alpha value is -2.07. The normalized spacial score (nSPS) is 11.9. The van der Waals surface area contributed by atoms with E-state index < -0.39 is 6.10 Å². The molecule has 0 saturated carbocycles. The van der Waals surface area contributed by atoms with Crippen molar-refractivity contribution in [3.63, 3.8) is 0 Å². The fourth-order valence-electron chi connectivity index (χ4n) is 1.65. The van der Waals surface area contributed by atoms with Crippen molar-refractivity contribution in [2.45, 2.75) is 13.0 Å². The molecule has 0 unspecified atom stereocenters. The van der Waals surface area contributed by atoms with Gasteiger partial charge in [-0.3, -0.25) is 0 Å². The molecule has 0 amide bonds. The van der Waals surface area contributed by atoms with Crippen molar-refractivity contribution >= 4 is 5.82 Å². The summed E-state index contributed by atoms with van der Waals surface area (Å²) in [7, 11) is 0. The standard InChI is InChI=1S/C15H18N2O2/c1-12-6-5-9-16-15(12)17-10-13(18)11-19-14-7-3-2-4-8-14/h2-9,13,18H,10-11H2,1H3,(H,16,17)/t13-/m1/s1. The Kier molecular flexibility index (Phi) is 4.75. The summed E-state index contributed by atoms with van der Waals surface area (Å²) in [4.78, 5) is 4.21. The third-order valence-corrected chi connectivity index (χ3v) is 2.70. The van der Waals surface area contributed by atoms with Crippen molar-refractivity contribution in [3.8, 4) is 5.75 Å². The van der Waals surface area contributed by atoms with Crippen LogP contribution in [0.1, 0.15) is 5.56 Å². The second-order valence-electron chi connectivity index (χ2n) is 4.33. The molecule has 1 heterocycles. The number of para-hydroxylation sites is 1. The molecule has 0 saturated heterocycles. The van der Waals surface area contributed by atoms with Gasteiger partial charge < -0.3 is 15.2 Å². The average Bonchev–Trinajstić information content (AvgIpc) is 2.45. The second-order valence-corrected chi connectivity index (χ2v) is 4.33. The zero-order chi connectivity index (χ0) is 13.5. The van der Waals surface area contributed by atoms with Crippen molar-refractivity contribution in [2.75, 3.05) is 18.5 Å². The van der Waals surface area contributed by atoms with Crippen molar-refractivity contribution in [1.82, 2.24) is 4.98 Å². The topological polar surface area (TPSA) is 54.4 Å². The Bertz CT molecular complexity index is 503. The second kappa shape index (κ2) is 6.75. The third-order valence-electron chi connectivity index (χ3n) is 2.70. The minimum Gasteiger partial charge on any atom is -0.491 e. The minimum atomic E-state index is -0.582. The monoisotopic (exact) mass is 258 g/mol. The molecular formula is C15H18N2O2. The highest BCUT2D eigenvalue weighted by atomic mass is 16.5. The first-order valence-electron chi connectivity index (χ1n) is 6.27. The van der Waals surface area contributed by atoms with E-state index in [1.54, 1.807) is 6.20 Å². The lowest BCUT2D eigenvalue weighted by molar-refractivity contribution is 0.117. The summed E-state index contributed by atoms with van der Waals surface area (Å²) in [6, 6.07) is 13.3. The van der Waals surface area contributed by atoms with Gasteiger partial charge in [-0.15, -0.1) is 0 Å². The number of aryl methyl sites for hydroxylation is 1. The predicted molar refractivity (Wildman–Crippen MR) is 75.4 cm³/mol. The molecule has 0 spiro atoms. The Labute approximate surface area is 113 Å². The SMILES string of the molecule is Cc1cccnc1NC[C@@H](O)COc1ccccc1. The van der Waals surface area contributed by atoms with Gasteiger partial charge in [-0.25, -0.2) is 4.98 Å². The highest BCUT2D eigenvalue weighted by Crippen LogP contribution is 2.10. The Morgan fingerprint density at radius 2 is 2.00 bits per heavy atom. The van der Waals surface area contributed by atoms with E-state index in [-0.39, 0.29) is 6.61 Å². The van der Waals surface area contributed by atoms with E-state index in [0.717, 1.165) is 17.1 Å². The molecule has 2 rings (SSSR count). The lowest BCUT2D eigenvalue weighted by atomic mass is 10.3. The van der Waals surface area contributed by atoms with Crippen molar-refractivity contribution in [1.29, 1.82) is 0 Å². The van der Waals surface area contributed by atoms with E-state index in [9.17, 15) is 5.11 Å². The number of benzene rings is 1. The first-order valence-corrected chi connectivity index (χ1v) is 6.27. The number of aliphatic hydroxyl groups excluding tert-OH is 1. The van der Waals surface area contributed by atoms with Gasteiger partial charge >= 0.3 is 0 Å². The van der Waals surface area contributed by atoms with Crippen LogP contribution in [-0.2, 0) is 0 Å². The fourth-order valence-corrected chi connectivity index (χ4v) is 1.65. The smallest absolute Gasteiger partial charge is 0.128 e. The van der Waals surface area contributed by atoms with Crippen LogP contribution in [0.25, 0.3) is 0 Å². The molecule has 19 heavy (non-hydrogen) atoms. The Balaban J connectivity index is 1.76. The van der Waals surface area contributed by atoms with Crippen LogP contribution in [0.3, 0.4) is 0 Å². The molecule has 0 bridgehead atoms. The highest BCUT2D eigenvalue weighted by molar-refractivity contribution is 5.42. The number of anilines is 1. The van der Waals surface area contributed by atoms with Crippen LogP contribution in [0.5, 0.6) is 5.75 Å². The van der Waals surface area contributed by atoms with Crippen molar-refractivity contribution in [3.05, 3.63) is 54.2 Å². The number of nitrogens with zero attached hydrogens (tertiary/aromatic N) is 1. The number of rotatable bonds is 6. The summed E-state index contributed by atoms with van der Waals surface area (Å²) in [5, 5.41) is 13.0. The van der Waals surface area contributed by atoms with E-state index in [1.807, 2.05) is 49.4 Å². The minimum absolute atomic E-state index is 0.253. The van der Waals surface area contributed by atoms with Gasteiger partial charge in [-0.1, -0.05) is 24.3 Å². The molecule has 4 nitrogen and oxygen atoms in total. The number of hydrogen-bond donors (Lipinski definition) is 2. The summed E-state index contributed by atoms with van der Waals surface area (Å²) >= 11 is 0. The zero-order valence-corrected chi connectivity index (χ0v) is 10.9. The average molecular weight is 258 g/mol. The van der Waals surface area contributed by atoms with Crippen LogP contribution in [-0.4, -0.2) is 29.3 Å². The molecule has 2 aromatic rings. The summed E-state index contributed by atoms with van der Waals surface area (Å²) in [5.74, 6) is 1.55. The summed E-state index contributed by atoms with van der Waals surface area (Å²) < 4.78 is 5.48. The maximum atomic E-state index is 9.85. The maximum absolute atomic E-state index is 9.85. The van der Waals surface area contributed by atoms with Crippen molar-refractivity contribution < 1.29 is 9.84 Å². The number of hydrogen-bond acceptors (Lipinski definition) is 4. The van der Waals surface area contributed by atoms with E-state index in [4.69, 9.17) is 4.74 Å². The number of nitrogens with one attached hydrogen (secondary N) is 1. The third kappa shape index (κ3) is 4.26. The van der Waals surface area contributed by atoms with Crippen LogP contribution in [0, 0.1) is 6.92 Å². The van der Waals surface area contributed by atoms with Gasteiger partial charge in [-0.2, -0.15) is 0 Å². The molecule has 2 N–H and O–H groups in total. The number of pyridine rings is 1. The number of ether oxygens (including phenoxy) is 1. The van der Waals surface area contributed by atoms with Gasteiger partial charge in [0.05, 0.1) is 0 Å². The molecule has 0 aliphatic heterocycles.